The fraction of sp³-hybridized carbons (Fsp3) is 0.444. The van der Waals surface area contributed by atoms with Gasteiger partial charge >= 0.3 is 0 Å². The molecule has 0 aliphatic heterocycles. The van der Waals surface area contributed by atoms with Gasteiger partial charge in [0.05, 0.1) is 18.9 Å². The van der Waals surface area contributed by atoms with E-state index in [2.05, 4.69) is 15.3 Å². The van der Waals surface area contributed by atoms with Crippen molar-refractivity contribution >= 4 is 5.91 Å². The van der Waals surface area contributed by atoms with Gasteiger partial charge < -0.3 is 20.1 Å². The van der Waals surface area contributed by atoms with Crippen molar-refractivity contribution in [1.29, 1.82) is 0 Å². The highest BCUT2D eigenvalue weighted by molar-refractivity contribution is 5.77. The molecule has 0 saturated heterocycles. The van der Waals surface area contributed by atoms with Crippen molar-refractivity contribution in [1.82, 2.24) is 15.3 Å². The van der Waals surface area contributed by atoms with Crippen molar-refractivity contribution in [3.63, 3.8) is 0 Å². The first-order valence-electron chi connectivity index (χ1n) is 8.36. The molecule has 128 valence electrons. The highest BCUT2D eigenvalue weighted by Crippen LogP contribution is 2.28. The van der Waals surface area contributed by atoms with E-state index in [9.17, 15) is 9.90 Å². The molecule has 1 aromatic heterocycles. The van der Waals surface area contributed by atoms with Crippen molar-refractivity contribution in [2.45, 2.75) is 37.9 Å². The lowest BCUT2D eigenvalue weighted by molar-refractivity contribution is -0.121. The second-order valence-corrected chi connectivity index (χ2v) is 6.21. The summed E-state index contributed by atoms with van der Waals surface area (Å²) in [7, 11) is 0. The standard InChI is InChI=1S/C18H23N3O3/c22-17(9-14-11-19-12-21-14)20-10-13-5-4-8-16(18(13)23)24-15-6-2-1-3-7-15/h1-3,6-7,11-13,16,18,23H,4-5,8-10H2,(H,19,21)(H,20,22)/t13-,16-,18-/m1/s1. The van der Waals surface area contributed by atoms with Crippen LogP contribution in [0.15, 0.2) is 42.9 Å². The first-order chi connectivity index (χ1) is 11.7. The highest BCUT2D eigenvalue weighted by Gasteiger charge is 2.33. The van der Waals surface area contributed by atoms with Crippen LogP contribution < -0.4 is 10.1 Å². The maximum atomic E-state index is 12.0. The number of rotatable bonds is 6. The third-order valence-electron chi connectivity index (χ3n) is 4.43. The van der Waals surface area contributed by atoms with Gasteiger partial charge in [-0.1, -0.05) is 18.2 Å². The van der Waals surface area contributed by atoms with Crippen molar-refractivity contribution in [2.75, 3.05) is 6.54 Å². The van der Waals surface area contributed by atoms with Gasteiger partial charge in [0.2, 0.25) is 5.91 Å². The summed E-state index contributed by atoms with van der Waals surface area (Å²) in [5, 5.41) is 13.5. The Morgan fingerprint density at radius 2 is 2.17 bits per heavy atom. The number of aromatic amines is 1. The Morgan fingerprint density at radius 3 is 2.92 bits per heavy atom. The van der Waals surface area contributed by atoms with Crippen molar-refractivity contribution in [3.05, 3.63) is 48.5 Å². The largest absolute Gasteiger partial charge is 0.488 e. The number of aliphatic hydroxyl groups is 1. The number of amides is 1. The average molecular weight is 329 g/mol. The van der Waals surface area contributed by atoms with E-state index in [4.69, 9.17) is 4.74 Å². The Morgan fingerprint density at radius 1 is 1.33 bits per heavy atom. The number of imidazole rings is 1. The number of H-pyrrole nitrogens is 1. The number of carbonyl (C=O) groups is 1. The summed E-state index contributed by atoms with van der Waals surface area (Å²) in [5.41, 5.74) is 0.780. The van der Waals surface area contributed by atoms with E-state index in [-0.39, 0.29) is 24.3 Å². The van der Waals surface area contributed by atoms with Crippen LogP contribution in [0.5, 0.6) is 5.75 Å². The van der Waals surface area contributed by atoms with E-state index in [0.717, 1.165) is 30.7 Å². The smallest absolute Gasteiger partial charge is 0.226 e. The van der Waals surface area contributed by atoms with Crippen molar-refractivity contribution in [2.24, 2.45) is 5.92 Å². The normalized spacial score (nSPS) is 23.6. The summed E-state index contributed by atoms with van der Waals surface area (Å²) in [6.45, 7) is 0.461. The predicted molar refractivity (Wildman–Crippen MR) is 89.5 cm³/mol. The molecular formula is C18H23N3O3. The van der Waals surface area contributed by atoms with E-state index in [1.807, 2.05) is 30.3 Å². The molecule has 1 amide bonds. The average Bonchev–Trinajstić information content (AvgIpc) is 3.09. The first-order valence-corrected chi connectivity index (χ1v) is 8.36. The van der Waals surface area contributed by atoms with Crippen LogP contribution in [-0.4, -0.2) is 39.7 Å². The number of aromatic nitrogens is 2. The zero-order valence-electron chi connectivity index (χ0n) is 13.5. The van der Waals surface area contributed by atoms with Gasteiger partial charge in [0.15, 0.2) is 0 Å². The third kappa shape index (κ3) is 4.35. The fourth-order valence-corrected chi connectivity index (χ4v) is 3.11. The zero-order valence-corrected chi connectivity index (χ0v) is 13.5. The van der Waals surface area contributed by atoms with E-state index >= 15 is 0 Å². The summed E-state index contributed by atoms with van der Waals surface area (Å²) >= 11 is 0. The zero-order chi connectivity index (χ0) is 16.8. The lowest BCUT2D eigenvalue weighted by atomic mass is 9.84. The maximum Gasteiger partial charge on any atom is 0.226 e. The van der Waals surface area contributed by atoms with Gasteiger partial charge in [-0.2, -0.15) is 0 Å². The number of hydrogen-bond acceptors (Lipinski definition) is 4. The van der Waals surface area contributed by atoms with E-state index < -0.39 is 6.10 Å². The molecule has 6 heteroatoms. The SMILES string of the molecule is O=C(Cc1cnc[nH]1)NC[C@H]1CCC[C@@H](Oc2ccccc2)[C@@H]1O. The minimum Gasteiger partial charge on any atom is -0.488 e. The fourth-order valence-electron chi connectivity index (χ4n) is 3.11. The Balaban J connectivity index is 1.49. The molecule has 1 aliphatic rings. The van der Waals surface area contributed by atoms with Crippen LogP contribution >= 0.6 is 0 Å². The highest BCUT2D eigenvalue weighted by atomic mass is 16.5. The molecular weight excluding hydrogens is 306 g/mol. The lowest BCUT2D eigenvalue weighted by Gasteiger charge is -2.35. The Bertz CT molecular complexity index is 630. The van der Waals surface area contributed by atoms with Crippen LogP contribution in [0.4, 0.5) is 0 Å². The van der Waals surface area contributed by atoms with Gasteiger partial charge in [-0.3, -0.25) is 4.79 Å². The summed E-state index contributed by atoms with van der Waals surface area (Å²) in [6, 6.07) is 9.54. The van der Waals surface area contributed by atoms with Gasteiger partial charge in [-0.15, -0.1) is 0 Å². The molecule has 1 fully saturated rings. The summed E-state index contributed by atoms with van der Waals surface area (Å²) in [4.78, 5) is 18.8. The summed E-state index contributed by atoms with van der Waals surface area (Å²) in [5.74, 6) is 0.709. The molecule has 3 atom stereocenters. The van der Waals surface area contributed by atoms with E-state index in [1.54, 1.807) is 12.5 Å². The second kappa shape index (κ2) is 7.97. The van der Waals surface area contributed by atoms with Crippen LogP contribution in [0.1, 0.15) is 25.0 Å². The minimum atomic E-state index is -0.577. The number of para-hydroxylation sites is 1. The summed E-state index contributed by atoms with van der Waals surface area (Å²) < 4.78 is 5.91. The van der Waals surface area contributed by atoms with Gasteiger partial charge in [0.25, 0.3) is 0 Å². The number of carbonyl (C=O) groups excluding carboxylic acids is 1. The molecule has 1 saturated carbocycles. The Kier molecular flexibility index (Phi) is 5.48. The van der Waals surface area contributed by atoms with E-state index in [0.29, 0.717) is 6.54 Å². The van der Waals surface area contributed by atoms with Gasteiger partial charge in [0.1, 0.15) is 11.9 Å². The number of aliphatic hydroxyl groups excluding tert-OH is 1. The third-order valence-corrected chi connectivity index (χ3v) is 4.43. The van der Waals surface area contributed by atoms with Crippen LogP contribution in [0.25, 0.3) is 0 Å². The molecule has 0 spiro atoms. The molecule has 1 aliphatic carbocycles. The molecule has 0 unspecified atom stereocenters. The number of ether oxygens (including phenoxy) is 1. The number of benzene rings is 1. The van der Waals surface area contributed by atoms with Gasteiger partial charge in [-0.05, 0) is 31.4 Å². The molecule has 0 bridgehead atoms. The van der Waals surface area contributed by atoms with Crippen molar-refractivity contribution < 1.29 is 14.6 Å². The number of nitrogens with zero attached hydrogens (tertiary/aromatic N) is 1. The van der Waals surface area contributed by atoms with Gasteiger partial charge in [0, 0.05) is 24.4 Å². The van der Waals surface area contributed by atoms with Crippen LogP contribution in [-0.2, 0) is 11.2 Å². The van der Waals surface area contributed by atoms with E-state index in [1.165, 1.54) is 0 Å². The number of hydrogen-bond donors (Lipinski definition) is 3. The molecule has 1 aromatic carbocycles. The maximum absolute atomic E-state index is 12.0. The van der Waals surface area contributed by atoms with Crippen LogP contribution in [0, 0.1) is 5.92 Å². The minimum absolute atomic E-state index is 0.0122. The van der Waals surface area contributed by atoms with Crippen molar-refractivity contribution in [3.8, 4) is 5.75 Å². The molecule has 24 heavy (non-hydrogen) atoms. The Labute approximate surface area is 141 Å². The Hall–Kier alpha value is -2.34. The molecule has 0 radical (unpaired) electrons. The molecule has 1 heterocycles. The number of nitrogens with one attached hydrogen (secondary N) is 2. The topological polar surface area (TPSA) is 87.2 Å². The molecule has 2 aromatic rings. The van der Waals surface area contributed by atoms with Crippen LogP contribution in [0.3, 0.4) is 0 Å². The molecule has 3 rings (SSSR count). The molecule has 6 nitrogen and oxygen atoms in total. The molecule has 3 N–H and O–H groups in total. The summed E-state index contributed by atoms with van der Waals surface area (Å²) in [6.07, 6.45) is 5.36. The quantitative estimate of drug-likeness (QED) is 0.752. The van der Waals surface area contributed by atoms with Gasteiger partial charge in [-0.25, -0.2) is 4.98 Å². The monoisotopic (exact) mass is 329 g/mol. The predicted octanol–water partition coefficient (Wildman–Crippen LogP) is 1.68. The first kappa shape index (κ1) is 16.5. The lowest BCUT2D eigenvalue weighted by Crippen LogP contribution is -2.46. The second-order valence-electron chi connectivity index (χ2n) is 6.21. The van der Waals surface area contributed by atoms with Crippen LogP contribution in [0.2, 0.25) is 0 Å².